The molecule has 0 saturated heterocycles. The molecule has 1 aromatic carbocycles. The van der Waals surface area contributed by atoms with E-state index in [1.165, 1.54) is 0 Å². The Morgan fingerprint density at radius 3 is 2.52 bits per heavy atom. The zero-order valence-electron chi connectivity index (χ0n) is 14.6. The molecule has 2 N–H and O–H groups in total. The van der Waals surface area contributed by atoms with Crippen LogP contribution in [0.2, 0.25) is 0 Å². The van der Waals surface area contributed by atoms with Crippen molar-refractivity contribution in [2.24, 2.45) is 5.41 Å². The minimum Gasteiger partial charge on any atom is -0.491 e. The van der Waals surface area contributed by atoms with Crippen LogP contribution < -0.4 is 15.4 Å². The first kappa shape index (κ1) is 19.0. The zero-order valence-corrected chi connectivity index (χ0v) is 14.6. The van der Waals surface area contributed by atoms with E-state index in [0.29, 0.717) is 37.4 Å². The molecule has 0 atom stereocenters. The third kappa shape index (κ3) is 7.17. The fraction of sp³-hybridized carbons (Fsp3) is 0.556. The molecular weight excluding hydrogens is 292 g/mol. The van der Waals surface area contributed by atoms with E-state index < -0.39 is 5.41 Å². The van der Waals surface area contributed by atoms with E-state index in [0.717, 1.165) is 6.42 Å². The molecule has 0 bridgehead atoms. The number of rotatable bonds is 8. The molecule has 0 radical (unpaired) electrons. The van der Waals surface area contributed by atoms with Crippen LogP contribution >= 0.6 is 0 Å². The van der Waals surface area contributed by atoms with Crippen molar-refractivity contribution in [3.8, 4) is 5.75 Å². The third-order valence-corrected chi connectivity index (χ3v) is 3.17. The number of hydrogen-bond donors (Lipinski definition) is 2. The molecule has 0 unspecified atom stereocenters. The number of ether oxygens (including phenoxy) is 1. The van der Waals surface area contributed by atoms with Crippen molar-refractivity contribution < 1.29 is 14.3 Å². The van der Waals surface area contributed by atoms with Crippen LogP contribution in [-0.2, 0) is 9.59 Å². The van der Waals surface area contributed by atoms with Crippen LogP contribution in [0.3, 0.4) is 0 Å². The highest BCUT2D eigenvalue weighted by Gasteiger charge is 2.20. The lowest BCUT2D eigenvalue weighted by molar-refractivity contribution is -0.128. The second kappa shape index (κ2) is 9.18. The highest BCUT2D eigenvalue weighted by atomic mass is 16.5. The Hall–Kier alpha value is -2.04. The normalized spacial score (nSPS) is 11.0. The molecule has 0 aliphatic heterocycles. The molecule has 23 heavy (non-hydrogen) atoms. The number of carbonyl (C=O) groups excluding carboxylic acids is 2. The van der Waals surface area contributed by atoms with Crippen molar-refractivity contribution in [3.05, 3.63) is 24.3 Å². The average Bonchev–Trinajstić information content (AvgIpc) is 2.49. The first-order valence-electron chi connectivity index (χ1n) is 8.14. The predicted molar refractivity (Wildman–Crippen MR) is 92.6 cm³/mol. The van der Waals surface area contributed by atoms with Gasteiger partial charge < -0.3 is 15.4 Å². The molecule has 0 aromatic heterocycles. The van der Waals surface area contributed by atoms with E-state index in [9.17, 15) is 9.59 Å². The van der Waals surface area contributed by atoms with Crippen LogP contribution in [0.15, 0.2) is 24.3 Å². The Labute approximate surface area is 138 Å². The van der Waals surface area contributed by atoms with E-state index >= 15 is 0 Å². The molecule has 5 heteroatoms. The van der Waals surface area contributed by atoms with Crippen LogP contribution in [0.1, 0.15) is 47.0 Å². The number of carbonyl (C=O) groups is 2. The van der Waals surface area contributed by atoms with Crippen molar-refractivity contribution in [2.45, 2.75) is 47.0 Å². The lowest BCUT2D eigenvalue weighted by atomic mass is 9.96. The number of para-hydroxylation sites is 2. The summed E-state index contributed by atoms with van der Waals surface area (Å²) in [4.78, 5) is 23.7. The van der Waals surface area contributed by atoms with Crippen LogP contribution in [0.4, 0.5) is 5.69 Å². The van der Waals surface area contributed by atoms with Crippen LogP contribution in [0, 0.1) is 5.41 Å². The highest BCUT2D eigenvalue weighted by Crippen LogP contribution is 2.24. The summed E-state index contributed by atoms with van der Waals surface area (Å²) < 4.78 is 5.61. The maximum atomic E-state index is 12.0. The summed E-state index contributed by atoms with van der Waals surface area (Å²) in [5, 5.41) is 5.70. The summed E-state index contributed by atoms with van der Waals surface area (Å²) >= 11 is 0. The van der Waals surface area contributed by atoms with Gasteiger partial charge in [-0.05, 0) is 25.0 Å². The number of nitrogens with one attached hydrogen (secondary N) is 2. The average molecular weight is 320 g/mol. The molecule has 0 saturated carbocycles. The third-order valence-electron chi connectivity index (χ3n) is 3.17. The predicted octanol–water partition coefficient (Wildman–Crippen LogP) is 3.36. The van der Waals surface area contributed by atoms with E-state index in [1.807, 2.05) is 52.0 Å². The van der Waals surface area contributed by atoms with Crippen molar-refractivity contribution in [1.82, 2.24) is 5.32 Å². The van der Waals surface area contributed by atoms with Gasteiger partial charge in [-0.2, -0.15) is 0 Å². The van der Waals surface area contributed by atoms with Gasteiger partial charge in [0.1, 0.15) is 5.75 Å². The molecule has 2 amide bonds. The number of amides is 2. The first-order valence-corrected chi connectivity index (χ1v) is 8.14. The Balaban J connectivity index is 2.38. The number of hydrogen-bond acceptors (Lipinski definition) is 3. The van der Waals surface area contributed by atoms with Crippen LogP contribution in [-0.4, -0.2) is 25.0 Å². The smallest absolute Gasteiger partial charge is 0.225 e. The van der Waals surface area contributed by atoms with Crippen LogP contribution in [0.25, 0.3) is 0 Å². The largest absolute Gasteiger partial charge is 0.491 e. The summed E-state index contributed by atoms with van der Waals surface area (Å²) in [6.45, 7) is 8.74. The second-order valence-corrected chi connectivity index (χ2v) is 6.50. The molecule has 0 fully saturated rings. The van der Waals surface area contributed by atoms with Gasteiger partial charge in [0.2, 0.25) is 11.8 Å². The van der Waals surface area contributed by atoms with Crippen LogP contribution in [0.5, 0.6) is 5.75 Å². The molecular formula is C18H28N2O3. The minimum absolute atomic E-state index is 0.00350. The van der Waals surface area contributed by atoms with Crippen molar-refractivity contribution >= 4 is 17.5 Å². The molecule has 0 aliphatic carbocycles. The van der Waals surface area contributed by atoms with E-state index in [2.05, 4.69) is 10.6 Å². The molecule has 5 nitrogen and oxygen atoms in total. The maximum Gasteiger partial charge on any atom is 0.225 e. The molecule has 0 heterocycles. The Morgan fingerprint density at radius 2 is 1.87 bits per heavy atom. The van der Waals surface area contributed by atoms with Gasteiger partial charge in [0, 0.05) is 18.4 Å². The zero-order chi connectivity index (χ0) is 17.3. The van der Waals surface area contributed by atoms with Gasteiger partial charge in [-0.3, -0.25) is 9.59 Å². The van der Waals surface area contributed by atoms with Gasteiger partial charge in [0.15, 0.2) is 0 Å². The van der Waals surface area contributed by atoms with Crippen molar-refractivity contribution in [1.29, 1.82) is 0 Å². The molecule has 128 valence electrons. The number of benzene rings is 1. The van der Waals surface area contributed by atoms with Gasteiger partial charge in [0.05, 0.1) is 12.3 Å². The van der Waals surface area contributed by atoms with Gasteiger partial charge in [0.25, 0.3) is 0 Å². The fourth-order valence-corrected chi connectivity index (χ4v) is 1.84. The van der Waals surface area contributed by atoms with Gasteiger partial charge >= 0.3 is 0 Å². The van der Waals surface area contributed by atoms with Gasteiger partial charge in [-0.1, -0.05) is 39.8 Å². The number of anilines is 1. The molecule has 1 aromatic rings. The monoisotopic (exact) mass is 320 g/mol. The Bertz CT molecular complexity index is 521. The lowest BCUT2D eigenvalue weighted by Crippen LogP contribution is -2.35. The Morgan fingerprint density at radius 1 is 1.17 bits per heavy atom. The molecule has 0 spiro atoms. The van der Waals surface area contributed by atoms with E-state index in [1.54, 1.807) is 0 Å². The van der Waals surface area contributed by atoms with E-state index in [4.69, 9.17) is 4.74 Å². The summed E-state index contributed by atoms with van der Waals surface area (Å²) in [6.07, 6.45) is 1.87. The maximum absolute atomic E-state index is 12.0. The SMILES string of the molecule is CCCOc1ccccc1NC(=O)CCCNC(=O)C(C)(C)C. The summed E-state index contributed by atoms with van der Waals surface area (Å²) in [5.74, 6) is 0.600. The summed E-state index contributed by atoms with van der Waals surface area (Å²) in [7, 11) is 0. The topological polar surface area (TPSA) is 67.4 Å². The van der Waals surface area contributed by atoms with Crippen molar-refractivity contribution in [2.75, 3.05) is 18.5 Å². The standard InChI is InChI=1S/C18H28N2O3/c1-5-13-23-15-10-7-6-9-14(15)20-16(21)11-8-12-19-17(22)18(2,3)4/h6-7,9-10H,5,8,11-13H2,1-4H3,(H,19,22)(H,20,21). The highest BCUT2D eigenvalue weighted by molar-refractivity contribution is 5.92. The van der Waals surface area contributed by atoms with Crippen molar-refractivity contribution in [3.63, 3.8) is 0 Å². The minimum atomic E-state index is -0.405. The first-order chi connectivity index (χ1) is 10.8. The summed E-state index contributed by atoms with van der Waals surface area (Å²) in [6, 6.07) is 7.40. The summed E-state index contributed by atoms with van der Waals surface area (Å²) in [5.41, 5.74) is 0.280. The quantitative estimate of drug-likeness (QED) is 0.722. The molecule has 1 rings (SSSR count). The van der Waals surface area contributed by atoms with Gasteiger partial charge in [-0.15, -0.1) is 0 Å². The lowest BCUT2D eigenvalue weighted by Gasteiger charge is -2.17. The van der Waals surface area contributed by atoms with E-state index in [-0.39, 0.29) is 11.8 Å². The van der Waals surface area contributed by atoms with Gasteiger partial charge in [-0.25, -0.2) is 0 Å². The Kier molecular flexibility index (Phi) is 7.59. The fourth-order valence-electron chi connectivity index (χ4n) is 1.84. The molecule has 0 aliphatic rings. The second-order valence-electron chi connectivity index (χ2n) is 6.50.